The number of nitrogens with zero attached hydrogens (tertiary/aromatic N) is 2. The molecule has 4 aromatic rings. The SMILES string of the molecule is COc1ccc(S(=O)(=O)N(CCO)CCO[C@H]2C[C@@H](c3cn(C(C)=O)c4ccccc34)C=C(C(=O)NCc3ccccc3)O2)cc1. The van der Waals surface area contributed by atoms with E-state index in [-0.39, 0.29) is 48.8 Å². The van der Waals surface area contributed by atoms with E-state index in [1.54, 1.807) is 29.0 Å². The summed E-state index contributed by atoms with van der Waals surface area (Å²) in [6.07, 6.45) is 2.93. The molecule has 2 heterocycles. The second kappa shape index (κ2) is 14.7. The maximum Gasteiger partial charge on any atom is 0.286 e. The van der Waals surface area contributed by atoms with E-state index < -0.39 is 22.2 Å². The van der Waals surface area contributed by atoms with Crippen LogP contribution in [0.25, 0.3) is 10.9 Å². The smallest absolute Gasteiger partial charge is 0.286 e. The van der Waals surface area contributed by atoms with Gasteiger partial charge in [0.15, 0.2) is 5.76 Å². The third-order valence-corrected chi connectivity index (χ3v) is 9.66. The average Bonchev–Trinajstić information content (AvgIpc) is 3.47. The van der Waals surface area contributed by atoms with E-state index in [4.69, 9.17) is 14.2 Å². The molecule has 0 fully saturated rings. The molecule has 0 aliphatic carbocycles. The fourth-order valence-electron chi connectivity index (χ4n) is 5.41. The summed E-state index contributed by atoms with van der Waals surface area (Å²) >= 11 is 0. The summed E-state index contributed by atoms with van der Waals surface area (Å²) in [7, 11) is -2.45. The molecule has 12 heteroatoms. The highest BCUT2D eigenvalue weighted by atomic mass is 32.2. The van der Waals surface area contributed by atoms with Crippen LogP contribution >= 0.6 is 0 Å². The first-order valence-corrected chi connectivity index (χ1v) is 16.3. The van der Waals surface area contributed by atoms with Gasteiger partial charge in [0.2, 0.25) is 22.2 Å². The molecule has 1 aromatic heterocycles. The number of aliphatic hydroxyl groups is 1. The van der Waals surface area contributed by atoms with Crippen LogP contribution in [-0.4, -0.2) is 73.9 Å². The maximum atomic E-state index is 13.3. The number of sulfonamides is 1. The topological polar surface area (TPSA) is 136 Å². The molecule has 3 aromatic carbocycles. The van der Waals surface area contributed by atoms with Gasteiger partial charge >= 0.3 is 0 Å². The molecule has 0 unspecified atom stereocenters. The van der Waals surface area contributed by atoms with Crippen molar-refractivity contribution in [2.24, 2.45) is 0 Å². The van der Waals surface area contributed by atoms with Gasteiger partial charge in [-0.05, 0) is 47.5 Å². The van der Waals surface area contributed by atoms with Crippen LogP contribution in [0, 0.1) is 0 Å². The van der Waals surface area contributed by atoms with Crippen molar-refractivity contribution in [1.29, 1.82) is 0 Å². The van der Waals surface area contributed by atoms with Crippen molar-refractivity contribution >= 4 is 32.7 Å². The van der Waals surface area contributed by atoms with Gasteiger partial charge in [-0.25, -0.2) is 8.42 Å². The maximum absolute atomic E-state index is 13.3. The number of nitrogens with one attached hydrogen (secondary N) is 1. The number of hydrogen-bond donors (Lipinski definition) is 2. The van der Waals surface area contributed by atoms with Gasteiger partial charge in [-0.2, -0.15) is 4.31 Å². The van der Waals surface area contributed by atoms with Gasteiger partial charge in [-0.1, -0.05) is 48.5 Å². The molecule has 1 aliphatic heterocycles. The largest absolute Gasteiger partial charge is 0.497 e. The Labute approximate surface area is 268 Å². The number of carbonyl (C=O) groups is 2. The third kappa shape index (κ3) is 7.48. The number of hydrogen-bond acceptors (Lipinski definition) is 8. The molecule has 2 N–H and O–H groups in total. The van der Waals surface area contributed by atoms with E-state index in [0.29, 0.717) is 18.7 Å². The number of carbonyl (C=O) groups excluding carboxylic acids is 2. The first-order valence-electron chi connectivity index (χ1n) is 14.9. The number of rotatable bonds is 13. The molecule has 11 nitrogen and oxygen atoms in total. The molecule has 1 aliphatic rings. The lowest BCUT2D eigenvalue weighted by Gasteiger charge is -2.30. The monoisotopic (exact) mass is 647 g/mol. The van der Waals surface area contributed by atoms with Crippen molar-refractivity contribution in [2.45, 2.75) is 37.0 Å². The number of para-hydroxylation sites is 1. The fraction of sp³-hybridized carbons (Fsp3) is 0.294. The zero-order valence-electron chi connectivity index (χ0n) is 25.7. The highest BCUT2D eigenvalue weighted by Crippen LogP contribution is 2.36. The minimum absolute atomic E-state index is 0.0536. The number of fused-ring (bicyclic) bond motifs is 1. The molecule has 0 radical (unpaired) electrons. The van der Waals surface area contributed by atoms with E-state index in [1.165, 1.54) is 26.2 Å². The number of methoxy groups -OCH3 is 1. The summed E-state index contributed by atoms with van der Waals surface area (Å²) in [4.78, 5) is 25.8. The van der Waals surface area contributed by atoms with E-state index in [9.17, 15) is 23.1 Å². The number of amides is 1. The highest BCUT2D eigenvalue weighted by molar-refractivity contribution is 7.89. The molecule has 2 atom stereocenters. The number of aromatic nitrogens is 1. The number of aliphatic hydroxyl groups excluding tert-OH is 1. The summed E-state index contributed by atoms with van der Waals surface area (Å²) in [5, 5.41) is 13.4. The predicted octanol–water partition coefficient (Wildman–Crippen LogP) is 4.04. The van der Waals surface area contributed by atoms with Crippen LogP contribution in [0.15, 0.2) is 102 Å². The van der Waals surface area contributed by atoms with Gasteiger partial charge in [-0.15, -0.1) is 0 Å². The third-order valence-electron chi connectivity index (χ3n) is 7.75. The van der Waals surface area contributed by atoms with Gasteiger partial charge in [0.1, 0.15) is 5.75 Å². The minimum atomic E-state index is -3.95. The van der Waals surface area contributed by atoms with Crippen LogP contribution in [-0.2, 0) is 30.8 Å². The molecular weight excluding hydrogens is 610 g/mol. The number of benzene rings is 3. The Morgan fingerprint density at radius 3 is 2.43 bits per heavy atom. The summed E-state index contributed by atoms with van der Waals surface area (Å²) in [5.41, 5.74) is 2.50. The zero-order chi connectivity index (χ0) is 32.7. The van der Waals surface area contributed by atoms with Crippen LogP contribution in [0.3, 0.4) is 0 Å². The van der Waals surface area contributed by atoms with Crippen molar-refractivity contribution in [3.63, 3.8) is 0 Å². The van der Waals surface area contributed by atoms with E-state index in [0.717, 1.165) is 26.3 Å². The van der Waals surface area contributed by atoms with Gasteiger partial charge in [0.25, 0.3) is 5.91 Å². The van der Waals surface area contributed by atoms with Crippen LogP contribution in [0.1, 0.15) is 35.2 Å². The Balaban J connectivity index is 1.36. The quantitative estimate of drug-likeness (QED) is 0.222. The Hall–Kier alpha value is -4.49. The van der Waals surface area contributed by atoms with Crippen molar-refractivity contribution in [3.05, 3.63) is 108 Å². The summed E-state index contributed by atoms with van der Waals surface area (Å²) in [6.45, 7) is 1.13. The molecule has 46 heavy (non-hydrogen) atoms. The van der Waals surface area contributed by atoms with E-state index >= 15 is 0 Å². The van der Waals surface area contributed by atoms with Gasteiger partial charge < -0.3 is 24.6 Å². The van der Waals surface area contributed by atoms with Crippen molar-refractivity contribution < 1.29 is 37.3 Å². The lowest BCUT2D eigenvalue weighted by atomic mass is 9.92. The Bertz CT molecular complexity index is 1800. The lowest BCUT2D eigenvalue weighted by Crippen LogP contribution is -2.38. The van der Waals surface area contributed by atoms with Crippen molar-refractivity contribution in [3.8, 4) is 5.75 Å². The number of allylic oxidation sites excluding steroid dienone is 1. The summed E-state index contributed by atoms with van der Waals surface area (Å²) in [5.74, 6) is -0.341. The first kappa shape index (κ1) is 32.9. The summed E-state index contributed by atoms with van der Waals surface area (Å²) < 4.78 is 46.6. The Morgan fingerprint density at radius 2 is 1.74 bits per heavy atom. The standard InChI is InChI=1S/C34H37N3O8S/c1-24(39)37-23-30(29-10-6-7-11-31(29)37)26-20-32(34(40)35-22-25-8-4-3-5-9-25)45-33(21-26)44-19-17-36(16-18-38)46(41,42)28-14-12-27(43-2)13-15-28/h3-15,20,23,26,33,38H,16-19,21-22H2,1-2H3,(H,35,40)/t26-,33+/m0/s1. The van der Waals surface area contributed by atoms with Gasteiger partial charge in [0.05, 0.1) is 30.7 Å². The second-order valence-electron chi connectivity index (χ2n) is 10.8. The normalized spacial score (nSPS) is 16.6. The Morgan fingerprint density at radius 1 is 1.02 bits per heavy atom. The molecule has 0 saturated heterocycles. The van der Waals surface area contributed by atoms with Crippen LogP contribution in [0.2, 0.25) is 0 Å². The van der Waals surface area contributed by atoms with Crippen molar-refractivity contribution in [1.82, 2.24) is 14.2 Å². The predicted molar refractivity (Wildman–Crippen MR) is 172 cm³/mol. The fourth-order valence-corrected chi connectivity index (χ4v) is 6.82. The van der Waals surface area contributed by atoms with Gasteiger partial charge in [-0.3, -0.25) is 14.2 Å². The second-order valence-corrected chi connectivity index (χ2v) is 12.7. The molecule has 5 rings (SSSR count). The van der Waals surface area contributed by atoms with Crippen molar-refractivity contribution in [2.75, 3.05) is 33.4 Å². The average molecular weight is 648 g/mol. The molecular formula is C34H37N3O8S. The first-order chi connectivity index (χ1) is 22.2. The highest BCUT2D eigenvalue weighted by Gasteiger charge is 2.32. The van der Waals surface area contributed by atoms with Gasteiger partial charge in [0, 0.05) is 50.5 Å². The summed E-state index contributed by atoms with van der Waals surface area (Å²) in [6, 6.07) is 23.0. The number of ether oxygens (including phenoxy) is 3. The molecule has 242 valence electrons. The van der Waals surface area contributed by atoms with E-state index in [1.807, 2.05) is 54.6 Å². The van der Waals surface area contributed by atoms with Crippen LogP contribution in [0.5, 0.6) is 5.75 Å². The van der Waals surface area contributed by atoms with Crippen LogP contribution < -0.4 is 10.1 Å². The molecule has 0 spiro atoms. The zero-order valence-corrected chi connectivity index (χ0v) is 26.5. The van der Waals surface area contributed by atoms with Crippen LogP contribution in [0.4, 0.5) is 0 Å². The molecule has 0 saturated carbocycles. The minimum Gasteiger partial charge on any atom is -0.497 e. The molecule has 1 amide bonds. The lowest BCUT2D eigenvalue weighted by molar-refractivity contribution is -0.146. The van der Waals surface area contributed by atoms with E-state index in [2.05, 4.69) is 5.32 Å². The Kier molecular flexibility index (Phi) is 10.5. The molecule has 0 bridgehead atoms.